The number of amides is 1. The Morgan fingerprint density at radius 3 is 2.38 bits per heavy atom. The molecule has 2 aromatic carbocycles. The van der Waals surface area contributed by atoms with Crippen molar-refractivity contribution in [3.63, 3.8) is 0 Å². The van der Waals surface area contributed by atoms with Gasteiger partial charge in [0.1, 0.15) is 16.5 Å². The Kier molecular flexibility index (Phi) is 7.02. The van der Waals surface area contributed by atoms with Crippen LogP contribution in [0.25, 0.3) is 0 Å². The fourth-order valence-corrected chi connectivity index (χ4v) is 4.41. The zero-order chi connectivity index (χ0) is 21.9. The number of hydrogen-bond donors (Lipinski definition) is 1. The first kappa shape index (κ1) is 22.8. The summed E-state index contributed by atoms with van der Waals surface area (Å²) in [7, 11) is -1.55. The van der Waals surface area contributed by atoms with Crippen LogP contribution in [0.2, 0.25) is 0 Å². The highest BCUT2D eigenvalue weighted by atomic mass is 32.2. The molecule has 1 amide bonds. The molecule has 0 aliphatic heterocycles. The summed E-state index contributed by atoms with van der Waals surface area (Å²) in [5, 5.41) is 2.83. The van der Waals surface area contributed by atoms with E-state index in [1.54, 1.807) is 0 Å². The number of benzene rings is 2. The predicted octanol–water partition coefficient (Wildman–Crippen LogP) is 3.26. The molecule has 0 spiro atoms. The number of aryl methyl sites for hydroxylation is 3. The van der Waals surface area contributed by atoms with E-state index in [0.29, 0.717) is 0 Å². The summed E-state index contributed by atoms with van der Waals surface area (Å²) in [4.78, 5) is 12.2. The van der Waals surface area contributed by atoms with E-state index in [-0.39, 0.29) is 16.7 Å². The molecule has 0 aliphatic rings. The fraction of sp³-hybridized carbons (Fsp3) is 0.381. The molecule has 2 aromatic rings. The van der Waals surface area contributed by atoms with E-state index in [4.69, 9.17) is 4.74 Å². The molecular formula is C21H27FN2O4S. The van der Waals surface area contributed by atoms with Crippen LogP contribution in [0.3, 0.4) is 0 Å². The number of carbonyl (C=O) groups is 1. The van der Waals surface area contributed by atoms with E-state index in [1.165, 1.54) is 25.8 Å². The van der Waals surface area contributed by atoms with Crippen LogP contribution in [-0.2, 0) is 14.8 Å². The van der Waals surface area contributed by atoms with Gasteiger partial charge in [-0.1, -0.05) is 12.1 Å². The van der Waals surface area contributed by atoms with Gasteiger partial charge in [-0.25, -0.2) is 12.8 Å². The summed E-state index contributed by atoms with van der Waals surface area (Å²) < 4.78 is 45.1. The number of rotatable bonds is 7. The van der Waals surface area contributed by atoms with Gasteiger partial charge < -0.3 is 10.1 Å². The van der Waals surface area contributed by atoms with E-state index in [9.17, 15) is 17.6 Å². The maximum atomic E-state index is 13.6. The largest absolute Gasteiger partial charge is 0.495 e. The molecule has 8 heteroatoms. The maximum absolute atomic E-state index is 13.6. The molecule has 0 saturated heterocycles. The molecule has 6 nitrogen and oxygen atoms in total. The second kappa shape index (κ2) is 8.92. The molecule has 0 fully saturated rings. The van der Waals surface area contributed by atoms with Crippen LogP contribution in [-0.4, -0.2) is 39.3 Å². The highest BCUT2D eigenvalue weighted by molar-refractivity contribution is 7.89. The first-order chi connectivity index (χ1) is 13.5. The molecule has 1 atom stereocenters. The summed E-state index contributed by atoms with van der Waals surface area (Å²) in [6, 6.07) is 7.01. The lowest BCUT2D eigenvalue weighted by atomic mass is 9.96. The second-order valence-electron chi connectivity index (χ2n) is 7.14. The number of methoxy groups -OCH3 is 1. The standard InChI is InChI=1S/C21H27FN2O4S/c1-13-9-15(3)18(10-14(13)2)16(4)23-21(25)12-24(5)29(26,27)20-11-17(22)7-8-19(20)28-6/h7-11,16H,12H2,1-6H3,(H,23,25). The number of halogens is 1. The van der Waals surface area contributed by atoms with Crippen molar-refractivity contribution in [2.45, 2.75) is 38.6 Å². The minimum atomic E-state index is -4.11. The number of likely N-dealkylation sites (N-methyl/N-ethyl adjacent to an activating group) is 1. The number of ether oxygens (including phenoxy) is 1. The Hall–Kier alpha value is -2.45. The van der Waals surface area contributed by atoms with Crippen molar-refractivity contribution in [2.75, 3.05) is 20.7 Å². The van der Waals surface area contributed by atoms with Gasteiger partial charge in [0.05, 0.1) is 19.7 Å². The quantitative estimate of drug-likeness (QED) is 0.743. The summed E-state index contributed by atoms with van der Waals surface area (Å²) in [5.41, 5.74) is 4.30. The van der Waals surface area contributed by atoms with Crippen molar-refractivity contribution in [1.82, 2.24) is 9.62 Å². The summed E-state index contributed by atoms with van der Waals surface area (Å²) in [6.45, 7) is 7.43. The van der Waals surface area contributed by atoms with Gasteiger partial charge in [-0.05, 0) is 68.1 Å². The lowest BCUT2D eigenvalue weighted by Crippen LogP contribution is -2.39. The Morgan fingerprint density at radius 2 is 1.76 bits per heavy atom. The van der Waals surface area contributed by atoms with Crippen molar-refractivity contribution < 1.29 is 22.3 Å². The van der Waals surface area contributed by atoms with Gasteiger partial charge in [0.2, 0.25) is 15.9 Å². The topological polar surface area (TPSA) is 75.7 Å². The Bertz CT molecular complexity index is 1020. The second-order valence-corrected chi connectivity index (χ2v) is 9.15. The Labute approximate surface area is 171 Å². The van der Waals surface area contributed by atoms with E-state index in [2.05, 4.69) is 11.4 Å². The van der Waals surface area contributed by atoms with E-state index < -0.39 is 28.3 Å². The fourth-order valence-electron chi connectivity index (χ4n) is 3.12. The van der Waals surface area contributed by atoms with Crippen molar-refractivity contribution in [2.24, 2.45) is 0 Å². The van der Waals surface area contributed by atoms with Crippen LogP contribution in [0.1, 0.15) is 35.2 Å². The number of hydrogen-bond acceptors (Lipinski definition) is 4. The highest BCUT2D eigenvalue weighted by Gasteiger charge is 2.27. The molecule has 0 aromatic heterocycles. The van der Waals surface area contributed by atoms with Crippen LogP contribution in [0.5, 0.6) is 5.75 Å². The average Bonchev–Trinajstić information content (AvgIpc) is 2.64. The van der Waals surface area contributed by atoms with E-state index in [1.807, 2.05) is 33.8 Å². The Morgan fingerprint density at radius 1 is 1.14 bits per heavy atom. The highest BCUT2D eigenvalue weighted by Crippen LogP contribution is 2.27. The average molecular weight is 423 g/mol. The van der Waals surface area contributed by atoms with Gasteiger partial charge in [0.25, 0.3) is 0 Å². The van der Waals surface area contributed by atoms with Gasteiger partial charge in [0.15, 0.2) is 0 Å². The number of nitrogens with one attached hydrogen (secondary N) is 1. The van der Waals surface area contributed by atoms with Gasteiger partial charge in [-0.15, -0.1) is 0 Å². The third-order valence-corrected chi connectivity index (χ3v) is 6.73. The zero-order valence-electron chi connectivity index (χ0n) is 17.5. The predicted molar refractivity (Wildman–Crippen MR) is 110 cm³/mol. The molecule has 1 N–H and O–H groups in total. The Balaban J connectivity index is 2.16. The van der Waals surface area contributed by atoms with E-state index >= 15 is 0 Å². The SMILES string of the molecule is COc1ccc(F)cc1S(=O)(=O)N(C)CC(=O)NC(C)c1cc(C)c(C)cc1C. The van der Waals surface area contributed by atoms with Gasteiger partial charge in [-0.3, -0.25) is 4.79 Å². The summed E-state index contributed by atoms with van der Waals surface area (Å²) in [6.07, 6.45) is 0. The monoisotopic (exact) mass is 422 g/mol. The van der Waals surface area contributed by atoms with Crippen molar-refractivity contribution in [1.29, 1.82) is 0 Å². The van der Waals surface area contributed by atoms with Crippen molar-refractivity contribution in [3.05, 3.63) is 58.4 Å². The molecule has 0 heterocycles. The van der Waals surface area contributed by atoms with Crippen LogP contribution >= 0.6 is 0 Å². The molecule has 0 aliphatic carbocycles. The molecule has 0 bridgehead atoms. The van der Waals surface area contributed by atoms with E-state index in [0.717, 1.165) is 33.1 Å². The summed E-state index contributed by atoms with van der Waals surface area (Å²) >= 11 is 0. The number of nitrogens with zero attached hydrogens (tertiary/aromatic N) is 1. The minimum Gasteiger partial charge on any atom is -0.495 e. The van der Waals surface area contributed by atoms with Gasteiger partial charge in [-0.2, -0.15) is 4.31 Å². The van der Waals surface area contributed by atoms with Crippen LogP contribution in [0.4, 0.5) is 4.39 Å². The maximum Gasteiger partial charge on any atom is 0.247 e. The van der Waals surface area contributed by atoms with Gasteiger partial charge in [0, 0.05) is 7.05 Å². The third kappa shape index (κ3) is 5.13. The van der Waals surface area contributed by atoms with Crippen LogP contribution in [0.15, 0.2) is 35.2 Å². The van der Waals surface area contributed by atoms with Crippen molar-refractivity contribution >= 4 is 15.9 Å². The zero-order valence-corrected chi connectivity index (χ0v) is 18.4. The number of sulfonamides is 1. The lowest BCUT2D eigenvalue weighted by Gasteiger charge is -2.21. The third-order valence-electron chi connectivity index (χ3n) is 4.91. The molecule has 0 radical (unpaired) electrons. The molecule has 158 valence electrons. The smallest absolute Gasteiger partial charge is 0.247 e. The summed E-state index contributed by atoms with van der Waals surface area (Å²) in [5.74, 6) is -1.16. The minimum absolute atomic E-state index is 0.0118. The lowest BCUT2D eigenvalue weighted by molar-refractivity contribution is -0.121. The first-order valence-corrected chi connectivity index (χ1v) is 10.6. The normalized spacial score (nSPS) is 12.7. The van der Waals surface area contributed by atoms with Gasteiger partial charge >= 0.3 is 0 Å². The molecular weight excluding hydrogens is 395 g/mol. The first-order valence-electron chi connectivity index (χ1n) is 9.14. The molecule has 1 unspecified atom stereocenters. The molecule has 29 heavy (non-hydrogen) atoms. The number of carbonyl (C=O) groups excluding carboxylic acids is 1. The molecule has 2 rings (SSSR count). The van der Waals surface area contributed by atoms with Crippen LogP contribution < -0.4 is 10.1 Å². The van der Waals surface area contributed by atoms with Crippen molar-refractivity contribution in [3.8, 4) is 5.75 Å². The van der Waals surface area contributed by atoms with Crippen LogP contribution in [0, 0.1) is 26.6 Å². The molecule has 0 saturated carbocycles.